The minimum absolute atomic E-state index is 0.0000680. The SMILES string of the molecule is O=C(COC(=O)CCc1ccco1)Nc1ccccc1C(F)(F)F. The molecule has 0 saturated heterocycles. The molecule has 1 N–H and O–H groups in total. The fourth-order valence-electron chi connectivity index (χ4n) is 1.92. The number of halogens is 3. The lowest BCUT2D eigenvalue weighted by Gasteiger charge is -2.13. The number of carbonyl (C=O) groups excluding carboxylic acids is 2. The lowest BCUT2D eigenvalue weighted by Crippen LogP contribution is -2.22. The van der Waals surface area contributed by atoms with Crippen LogP contribution in [0.25, 0.3) is 0 Å². The van der Waals surface area contributed by atoms with Gasteiger partial charge in [0.1, 0.15) is 5.76 Å². The van der Waals surface area contributed by atoms with Crippen LogP contribution in [0.15, 0.2) is 47.1 Å². The predicted octanol–water partition coefficient (Wildman–Crippen LogP) is 3.41. The van der Waals surface area contributed by atoms with Crippen LogP contribution in [0, 0.1) is 0 Å². The average molecular weight is 341 g/mol. The highest BCUT2D eigenvalue weighted by Crippen LogP contribution is 2.34. The molecular weight excluding hydrogens is 327 g/mol. The van der Waals surface area contributed by atoms with Crippen LogP contribution in [-0.4, -0.2) is 18.5 Å². The second-order valence-corrected chi connectivity index (χ2v) is 4.83. The quantitative estimate of drug-likeness (QED) is 0.818. The van der Waals surface area contributed by atoms with E-state index >= 15 is 0 Å². The first-order valence-corrected chi connectivity index (χ1v) is 7.00. The second-order valence-electron chi connectivity index (χ2n) is 4.83. The number of esters is 1. The van der Waals surface area contributed by atoms with Gasteiger partial charge in [0, 0.05) is 6.42 Å². The van der Waals surface area contributed by atoms with Gasteiger partial charge in [-0.05, 0) is 24.3 Å². The van der Waals surface area contributed by atoms with Gasteiger partial charge in [-0.15, -0.1) is 0 Å². The maximum atomic E-state index is 12.8. The highest BCUT2D eigenvalue weighted by Gasteiger charge is 2.33. The van der Waals surface area contributed by atoms with E-state index in [0.717, 1.165) is 12.1 Å². The summed E-state index contributed by atoms with van der Waals surface area (Å²) in [5, 5.41) is 2.09. The fraction of sp³-hybridized carbons (Fsp3) is 0.250. The number of para-hydroxylation sites is 1. The maximum Gasteiger partial charge on any atom is 0.418 e. The fourth-order valence-corrected chi connectivity index (χ4v) is 1.92. The Bertz CT molecular complexity index is 696. The zero-order chi connectivity index (χ0) is 17.6. The number of hydrogen-bond donors (Lipinski definition) is 1. The number of hydrogen-bond acceptors (Lipinski definition) is 4. The number of alkyl halides is 3. The van der Waals surface area contributed by atoms with Crippen LogP contribution >= 0.6 is 0 Å². The number of benzene rings is 1. The summed E-state index contributed by atoms with van der Waals surface area (Å²) in [7, 11) is 0. The molecule has 0 aliphatic carbocycles. The van der Waals surface area contributed by atoms with Crippen molar-refractivity contribution in [2.45, 2.75) is 19.0 Å². The van der Waals surface area contributed by atoms with Crippen molar-refractivity contribution in [3.63, 3.8) is 0 Å². The summed E-state index contributed by atoms with van der Waals surface area (Å²) in [5.74, 6) is -0.904. The molecule has 1 aromatic heterocycles. The molecule has 0 spiro atoms. The van der Waals surface area contributed by atoms with Gasteiger partial charge in [0.15, 0.2) is 6.61 Å². The highest BCUT2D eigenvalue weighted by atomic mass is 19.4. The standard InChI is InChI=1S/C16H14F3NO4/c17-16(18,19)12-5-1-2-6-13(12)20-14(21)10-24-15(22)8-7-11-4-3-9-23-11/h1-6,9H,7-8,10H2,(H,20,21). The molecule has 2 aromatic rings. The monoisotopic (exact) mass is 341 g/mol. The summed E-state index contributed by atoms with van der Waals surface area (Å²) < 4.78 is 48.2. The van der Waals surface area contributed by atoms with Crippen molar-refractivity contribution in [2.24, 2.45) is 0 Å². The van der Waals surface area contributed by atoms with Gasteiger partial charge < -0.3 is 14.5 Å². The number of furan rings is 1. The van der Waals surface area contributed by atoms with Gasteiger partial charge in [0.2, 0.25) is 0 Å². The number of nitrogens with one attached hydrogen (secondary N) is 1. The van der Waals surface area contributed by atoms with Crippen LogP contribution in [0.2, 0.25) is 0 Å². The van der Waals surface area contributed by atoms with E-state index in [2.05, 4.69) is 5.32 Å². The summed E-state index contributed by atoms with van der Waals surface area (Å²) in [5.41, 5.74) is -1.36. The van der Waals surface area contributed by atoms with Crippen LogP contribution in [-0.2, 0) is 26.9 Å². The Labute approximate surface area is 135 Å². The Morgan fingerprint density at radius 3 is 2.54 bits per heavy atom. The van der Waals surface area contributed by atoms with Crippen molar-refractivity contribution < 1.29 is 31.9 Å². The normalized spacial score (nSPS) is 11.1. The predicted molar refractivity (Wildman–Crippen MR) is 78.1 cm³/mol. The van der Waals surface area contributed by atoms with Crippen molar-refractivity contribution in [3.8, 4) is 0 Å². The van der Waals surface area contributed by atoms with Gasteiger partial charge in [0.25, 0.3) is 5.91 Å². The Morgan fingerprint density at radius 1 is 1.12 bits per heavy atom. The summed E-state index contributed by atoms with van der Waals surface area (Å²) in [6.07, 6.45) is -2.82. The maximum absolute atomic E-state index is 12.8. The lowest BCUT2D eigenvalue weighted by atomic mass is 10.1. The number of anilines is 1. The molecule has 1 amide bonds. The van der Waals surface area contributed by atoms with Crippen LogP contribution in [0.1, 0.15) is 17.7 Å². The molecule has 0 atom stereocenters. The Morgan fingerprint density at radius 2 is 1.88 bits per heavy atom. The molecule has 0 radical (unpaired) electrons. The number of ether oxygens (including phenoxy) is 1. The molecule has 128 valence electrons. The van der Waals surface area contributed by atoms with Crippen LogP contribution < -0.4 is 5.32 Å². The van der Waals surface area contributed by atoms with Gasteiger partial charge in [-0.1, -0.05) is 12.1 Å². The minimum atomic E-state index is -4.59. The molecule has 0 aliphatic heterocycles. The van der Waals surface area contributed by atoms with E-state index in [0.29, 0.717) is 12.2 Å². The first-order chi connectivity index (χ1) is 11.4. The topological polar surface area (TPSA) is 68.5 Å². The molecule has 2 rings (SSSR count). The van der Waals surface area contributed by atoms with Gasteiger partial charge in [-0.2, -0.15) is 13.2 Å². The molecule has 1 heterocycles. The molecular formula is C16H14F3NO4. The lowest BCUT2D eigenvalue weighted by molar-refractivity contribution is -0.147. The first-order valence-electron chi connectivity index (χ1n) is 7.00. The van der Waals surface area contributed by atoms with E-state index in [1.54, 1.807) is 12.1 Å². The molecule has 24 heavy (non-hydrogen) atoms. The van der Waals surface area contributed by atoms with Crippen LogP contribution in [0.3, 0.4) is 0 Å². The second kappa shape index (κ2) is 7.67. The van der Waals surface area contributed by atoms with Gasteiger partial charge >= 0.3 is 12.1 Å². The number of rotatable bonds is 6. The third-order valence-electron chi connectivity index (χ3n) is 3.03. The molecule has 5 nitrogen and oxygen atoms in total. The van der Waals surface area contributed by atoms with Crippen molar-refractivity contribution in [2.75, 3.05) is 11.9 Å². The summed E-state index contributed by atoms with van der Waals surface area (Å²) in [4.78, 5) is 23.2. The van der Waals surface area contributed by atoms with E-state index in [-0.39, 0.29) is 12.1 Å². The van der Waals surface area contributed by atoms with Gasteiger partial charge in [-0.25, -0.2) is 0 Å². The van der Waals surface area contributed by atoms with Gasteiger partial charge in [0.05, 0.1) is 23.9 Å². The minimum Gasteiger partial charge on any atom is -0.469 e. The smallest absolute Gasteiger partial charge is 0.418 e. The molecule has 0 unspecified atom stereocenters. The zero-order valence-corrected chi connectivity index (χ0v) is 12.4. The number of aryl methyl sites for hydroxylation is 1. The molecule has 8 heteroatoms. The highest BCUT2D eigenvalue weighted by molar-refractivity contribution is 5.93. The molecule has 0 saturated carbocycles. The third kappa shape index (κ3) is 5.15. The largest absolute Gasteiger partial charge is 0.469 e. The van der Waals surface area contributed by atoms with E-state index in [1.807, 2.05) is 0 Å². The van der Waals surface area contributed by atoms with Crippen molar-refractivity contribution >= 4 is 17.6 Å². The Hall–Kier alpha value is -2.77. The summed E-state index contributed by atoms with van der Waals surface area (Å²) in [6.45, 7) is -0.664. The van der Waals surface area contributed by atoms with Crippen molar-refractivity contribution in [3.05, 3.63) is 54.0 Å². The average Bonchev–Trinajstić information content (AvgIpc) is 3.04. The van der Waals surface area contributed by atoms with E-state index < -0.39 is 30.2 Å². The molecule has 0 aliphatic rings. The molecule has 0 fully saturated rings. The zero-order valence-electron chi connectivity index (χ0n) is 12.4. The van der Waals surface area contributed by atoms with E-state index in [1.165, 1.54) is 18.4 Å². The van der Waals surface area contributed by atoms with Crippen molar-refractivity contribution in [1.82, 2.24) is 0 Å². The Kier molecular flexibility index (Phi) is 5.62. The van der Waals surface area contributed by atoms with Crippen LogP contribution in [0.4, 0.5) is 18.9 Å². The van der Waals surface area contributed by atoms with Gasteiger partial charge in [-0.3, -0.25) is 9.59 Å². The Balaban J connectivity index is 1.82. The number of amides is 1. The van der Waals surface area contributed by atoms with Crippen molar-refractivity contribution in [1.29, 1.82) is 0 Å². The first kappa shape index (κ1) is 17.6. The van der Waals surface area contributed by atoms with E-state index in [4.69, 9.17) is 9.15 Å². The van der Waals surface area contributed by atoms with Crippen LogP contribution in [0.5, 0.6) is 0 Å². The van der Waals surface area contributed by atoms with E-state index in [9.17, 15) is 22.8 Å². The molecule has 0 bridgehead atoms. The number of carbonyl (C=O) groups is 2. The third-order valence-corrected chi connectivity index (χ3v) is 3.03. The molecule has 1 aromatic carbocycles. The summed E-state index contributed by atoms with van der Waals surface area (Å²) in [6, 6.07) is 7.91. The summed E-state index contributed by atoms with van der Waals surface area (Å²) >= 11 is 0.